The molecular formula is C29H39F2NO3Si. The van der Waals surface area contributed by atoms with Gasteiger partial charge >= 0.3 is 6.09 Å². The number of benzene rings is 2. The Morgan fingerprint density at radius 2 is 1.44 bits per heavy atom. The molecule has 1 unspecified atom stereocenters. The summed E-state index contributed by atoms with van der Waals surface area (Å²) in [5.74, 6) is -0.482. The Kier molecular flexibility index (Phi) is 8.78. The lowest BCUT2D eigenvalue weighted by Crippen LogP contribution is -2.67. The summed E-state index contributed by atoms with van der Waals surface area (Å²) in [4.78, 5) is 14.2. The molecule has 2 aromatic rings. The van der Waals surface area contributed by atoms with Gasteiger partial charge in [-0.3, -0.25) is 0 Å². The molecule has 0 aliphatic carbocycles. The molecule has 1 aliphatic heterocycles. The van der Waals surface area contributed by atoms with E-state index in [0.717, 1.165) is 10.4 Å². The van der Waals surface area contributed by atoms with E-state index in [4.69, 9.17) is 9.16 Å². The molecule has 36 heavy (non-hydrogen) atoms. The fourth-order valence-electron chi connectivity index (χ4n) is 4.99. The number of carbonyl (C=O) groups is 1. The van der Waals surface area contributed by atoms with Crippen molar-refractivity contribution in [1.29, 1.82) is 0 Å². The van der Waals surface area contributed by atoms with Crippen molar-refractivity contribution in [2.45, 2.75) is 65.0 Å². The molecule has 1 atom stereocenters. The average Bonchev–Trinajstić information content (AvgIpc) is 3.02. The number of likely N-dealkylation sites (tertiary alicyclic amines) is 1. The van der Waals surface area contributed by atoms with Gasteiger partial charge in [-0.2, -0.15) is 8.78 Å². The Labute approximate surface area is 215 Å². The molecule has 0 bridgehead atoms. The van der Waals surface area contributed by atoms with E-state index in [1.165, 1.54) is 4.90 Å². The number of ether oxygens (including phenoxy) is 1. The Morgan fingerprint density at radius 3 is 1.89 bits per heavy atom. The van der Waals surface area contributed by atoms with Gasteiger partial charge in [0.1, 0.15) is 5.60 Å². The molecule has 196 valence electrons. The maximum atomic E-state index is 14.2. The van der Waals surface area contributed by atoms with Crippen molar-refractivity contribution in [3.8, 4) is 0 Å². The van der Waals surface area contributed by atoms with E-state index in [1.807, 2.05) is 36.4 Å². The minimum Gasteiger partial charge on any atom is -0.444 e. The highest BCUT2D eigenvalue weighted by Gasteiger charge is 2.50. The molecule has 1 fully saturated rings. The van der Waals surface area contributed by atoms with Crippen molar-refractivity contribution in [1.82, 2.24) is 4.90 Å². The van der Waals surface area contributed by atoms with Gasteiger partial charge in [0.15, 0.2) is 0 Å². The number of halogens is 2. The molecular weight excluding hydrogens is 476 g/mol. The zero-order valence-electron chi connectivity index (χ0n) is 22.3. The Bertz CT molecular complexity index is 1000. The van der Waals surface area contributed by atoms with Gasteiger partial charge in [-0.15, -0.1) is 0 Å². The van der Waals surface area contributed by atoms with Crippen LogP contribution in [0, 0.1) is 5.92 Å². The van der Waals surface area contributed by atoms with Gasteiger partial charge < -0.3 is 14.1 Å². The van der Waals surface area contributed by atoms with Gasteiger partial charge in [-0.05, 0) is 49.0 Å². The molecule has 1 amide bonds. The predicted octanol–water partition coefficient (Wildman–Crippen LogP) is 6.36. The third kappa shape index (κ3) is 6.43. The van der Waals surface area contributed by atoms with Crippen molar-refractivity contribution in [3.05, 3.63) is 72.3 Å². The summed E-state index contributed by atoms with van der Waals surface area (Å²) < 4.78 is 40.8. The molecule has 0 radical (unpaired) electrons. The van der Waals surface area contributed by atoms with Crippen molar-refractivity contribution < 1.29 is 22.7 Å². The van der Waals surface area contributed by atoms with Gasteiger partial charge in [0.25, 0.3) is 14.4 Å². The Morgan fingerprint density at radius 1 is 0.917 bits per heavy atom. The topological polar surface area (TPSA) is 38.8 Å². The molecule has 0 aromatic heterocycles. The van der Waals surface area contributed by atoms with Gasteiger partial charge in [0.2, 0.25) is 0 Å². The number of rotatable bonds is 5. The fraction of sp³-hybridized carbons (Fsp3) is 0.483. The standard InChI is InChI=1S/C29H39F2NO3Si/c1-28(2,3)35-27(33)32-19-17-22(25(18-20-32)26(30)31)21-34-36(29(4,5)6,23-13-9-7-10-14-23)24-15-11-8-12-16-24/h7-16,22H,17-21H2,1-6H3. The van der Waals surface area contributed by atoms with E-state index >= 15 is 0 Å². The number of nitrogens with zero attached hydrogens (tertiary/aromatic N) is 1. The van der Waals surface area contributed by atoms with E-state index in [9.17, 15) is 13.6 Å². The lowest BCUT2D eigenvalue weighted by molar-refractivity contribution is 0.0254. The van der Waals surface area contributed by atoms with Crippen LogP contribution in [0.1, 0.15) is 54.4 Å². The second-order valence-electron chi connectivity index (χ2n) is 11.5. The molecule has 7 heteroatoms. The maximum absolute atomic E-state index is 14.2. The van der Waals surface area contributed by atoms with E-state index < -0.39 is 32.0 Å². The molecule has 3 rings (SSSR count). The number of carbonyl (C=O) groups excluding carboxylic acids is 1. The monoisotopic (exact) mass is 515 g/mol. The normalized spacial score (nSPS) is 17.5. The molecule has 0 N–H and O–H groups in total. The van der Waals surface area contributed by atoms with Crippen LogP contribution < -0.4 is 10.4 Å². The van der Waals surface area contributed by atoms with Gasteiger partial charge in [0, 0.05) is 31.2 Å². The van der Waals surface area contributed by atoms with E-state index in [1.54, 1.807) is 20.8 Å². The molecule has 0 saturated carbocycles. The number of hydrogen-bond acceptors (Lipinski definition) is 3. The van der Waals surface area contributed by atoms with Crippen LogP contribution >= 0.6 is 0 Å². The largest absolute Gasteiger partial charge is 0.444 e. The van der Waals surface area contributed by atoms with Crippen LogP contribution in [-0.2, 0) is 9.16 Å². The zero-order valence-corrected chi connectivity index (χ0v) is 23.3. The van der Waals surface area contributed by atoms with Crippen molar-refractivity contribution in [2.24, 2.45) is 5.92 Å². The summed E-state index contributed by atoms with van der Waals surface area (Å²) in [6, 6.07) is 20.3. The first-order valence-electron chi connectivity index (χ1n) is 12.6. The van der Waals surface area contributed by atoms with Crippen LogP contribution in [0.3, 0.4) is 0 Å². The predicted molar refractivity (Wildman–Crippen MR) is 143 cm³/mol. The second-order valence-corrected chi connectivity index (χ2v) is 15.8. The van der Waals surface area contributed by atoms with Gasteiger partial charge in [-0.1, -0.05) is 81.4 Å². The molecule has 1 aliphatic rings. The van der Waals surface area contributed by atoms with Crippen molar-refractivity contribution >= 4 is 24.8 Å². The van der Waals surface area contributed by atoms with E-state index in [0.29, 0.717) is 13.0 Å². The Balaban J connectivity index is 1.94. The SMILES string of the molecule is CC(C)(C)OC(=O)N1CCC(=C(F)F)C(CO[Si](c2ccccc2)(c2ccccc2)C(C)(C)C)CC1. The maximum Gasteiger partial charge on any atom is 0.410 e. The summed E-state index contributed by atoms with van der Waals surface area (Å²) in [7, 11) is -2.86. The summed E-state index contributed by atoms with van der Waals surface area (Å²) in [6.45, 7) is 12.6. The van der Waals surface area contributed by atoms with Crippen LogP contribution in [-0.4, -0.2) is 44.6 Å². The van der Waals surface area contributed by atoms with Crippen LogP contribution in [0.15, 0.2) is 72.3 Å². The molecule has 2 aromatic carbocycles. The Hall–Kier alpha value is -2.51. The lowest BCUT2D eigenvalue weighted by Gasteiger charge is -2.43. The smallest absolute Gasteiger partial charge is 0.410 e. The first-order chi connectivity index (χ1) is 16.8. The van der Waals surface area contributed by atoms with Gasteiger partial charge in [-0.25, -0.2) is 4.79 Å². The first kappa shape index (κ1) is 28.1. The minimum atomic E-state index is -2.86. The van der Waals surface area contributed by atoms with E-state index in [-0.39, 0.29) is 30.2 Å². The third-order valence-electron chi connectivity index (χ3n) is 6.70. The summed E-state index contributed by atoms with van der Waals surface area (Å²) in [5.41, 5.74) is -0.557. The fourth-order valence-corrected chi connectivity index (χ4v) is 9.59. The van der Waals surface area contributed by atoms with E-state index in [2.05, 4.69) is 45.0 Å². The first-order valence-corrected chi connectivity index (χ1v) is 14.5. The summed E-state index contributed by atoms with van der Waals surface area (Å²) >= 11 is 0. The molecule has 1 saturated heterocycles. The lowest BCUT2D eigenvalue weighted by atomic mass is 9.96. The highest BCUT2D eigenvalue weighted by Crippen LogP contribution is 2.38. The van der Waals surface area contributed by atoms with Crippen LogP contribution in [0.5, 0.6) is 0 Å². The molecule has 4 nitrogen and oxygen atoms in total. The number of amides is 1. The molecule has 0 spiro atoms. The van der Waals surface area contributed by atoms with Crippen molar-refractivity contribution in [2.75, 3.05) is 19.7 Å². The average molecular weight is 516 g/mol. The van der Waals surface area contributed by atoms with Crippen molar-refractivity contribution in [3.63, 3.8) is 0 Å². The summed E-state index contributed by atoms with van der Waals surface area (Å²) in [5, 5.41) is 1.97. The highest BCUT2D eigenvalue weighted by atomic mass is 28.4. The van der Waals surface area contributed by atoms with Crippen LogP contribution in [0.4, 0.5) is 13.6 Å². The minimum absolute atomic E-state index is 0.0824. The quantitative estimate of drug-likeness (QED) is 0.435. The third-order valence-corrected chi connectivity index (χ3v) is 11.7. The van der Waals surface area contributed by atoms with Crippen LogP contribution in [0.25, 0.3) is 0 Å². The zero-order chi connectivity index (χ0) is 26.6. The summed E-state index contributed by atoms with van der Waals surface area (Å²) in [6.07, 6.45) is -1.63. The van der Waals surface area contributed by atoms with Crippen LogP contribution in [0.2, 0.25) is 5.04 Å². The number of hydrogen-bond donors (Lipinski definition) is 0. The molecule has 1 heterocycles. The van der Waals surface area contributed by atoms with Gasteiger partial charge in [0.05, 0.1) is 0 Å². The highest BCUT2D eigenvalue weighted by molar-refractivity contribution is 6.99. The second kappa shape index (κ2) is 11.3.